The van der Waals surface area contributed by atoms with E-state index in [4.69, 9.17) is 9.26 Å². The predicted molar refractivity (Wildman–Crippen MR) is 75.8 cm³/mol. The molecule has 0 N–H and O–H groups in total. The van der Waals surface area contributed by atoms with E-state index in [-0.39, 0.29) is 30.0 Å². The van der Waals surface area contributed by atoms with Crippen molar-refractivity contribution in [1.29, 1.82) is 0 Å². The van der Waals surface area contributed by atoms with Crippen molar-refractivity contribution < 1.29 is 18.8 Å². The molecule has 1 aliphatic rings. The van der Waals surface area contributed by atoms with Crippen molar-refractivity contribution in [3.63, 3.8) is 0 Å². The molecule has 2 rings (SSSR count). The third kappa shape index (κ3) is 4.14. The number of Topliss-reactive ketones (excluding diaryl/α,β-unsaturated/α-hetero) is 1. The Morgan fingerprint density at radius 2 is 2.24 bits per heavy atom. The van der Waals surface area contributed by atoms with E-state index in [1.54, 1.807) is 25.0 Å². The molecule has 0 spiro atoms. The lowest BCUT2D eigenvalue weighted by atomic mass is 10.0. The van der Waals surface area contributed by atoms with E-state index in [0.717, 1.165) is 25.7 Å². The van der Waals surface area contributed by atoms with Crippen molar-refractivity contribution in [1.82, 2.24) is 10.1 Å². The highest BCUT2D eigenvalue weighted by Gasteiger charge is 2.29. The molecule has 0 aromatic carbocycles. The Kier molecular flexibility index (Phi) is 5.50. The second-order valence-electron chi connectivity index (χ2n) is 5.52. The normalized spacial score (nSPS) is 19.3. The molecule has 1 aliphatic heterocycles. The fraction of sp³-hybridized carbons (Fsp3) is 0.667. The van der Waals surface area contributed by atoms with Crippen LogP contribution in [0.3, 0.4) is 0 Å². The molecule has 1 aromatic heterocycles. The highest BCUT2D eigenvalue weighted by atomic mass is 16.5. The Labute approximate surface area is 124 Å². The number of aromatic nitrogens is 1. The zero-order valence-corrected chi connectivity index (χ0v) is 12.6. The number of carbonyl (C=O) groups is 2. The summed E-state index contributed by atoms with van der Waals surface area (Å²) < 4.78 is 10.0. The van der Waals surface area contributed by atoms with Crippen LogP contribution in [-0.4, -0.2) is 41.4 Å². The van der Waals surface area contributed by atoms with Crippen LogP contribution in [0.5, 0.6) is 0 Å². The second-order valence-corrected chi connectivity index (χ2v) is 5.52. The van der Waals surface area contributed by atoms with Gasteiger partial charge in [0.05, 0.1) is 0 Å². The van der Waals surface area contributed by atoms with Gasteiger partial charge in [0, 0.05) is 32.2 Å². The van der Waals surface area contributed by atoms with Gasteiger partial charge in [-0.25, -0.2) is 0 Å². The molecule has 6 nitrogen and oxygen atoms in total. The van der Waals surface area contributed by atoms with Gasteiger partial charge in [-0.15, -0.1) is 0 Å². The van der Waals surface area contributed by atoms with Crippen LogP contribution in [-0.2, 0) is 16.1 Å². The predicted octanol–water partition coefficient (Wildman–Crippen LogP) is 2.18. The van der Waals surface area contributed by atoms with Gasteiger partial charge in [-0.05, 0) is 19.8 Å². The van der Waals surface area contributed by atoms with Gasteiger partial charge in [-0.2, -0.15) is 0 Å². The Balaban J connectivity index is 2.13. The fourth-order valence-electron chi connectivity index (χ4n) is 2.76. The maximum absolute atomic E-state index is 12.6. The monoisotopic (exact) mass is 294 g/mol. The highest BCUT2D eigenvalue weighted by molar-refractivity contribution is 5.93. The quantitative estimate of drug-likeness (QED) is 0.832. The molecule has 0 bridgehead atoms. The number of carbonyl (C=O) groups excluding carboxylic acids is 2. The molecule has 1 aromatic rings. The lowest BCUT2D eigenvalue weighted by molar-refractivity contribution is -0.118. The van der Waals surface area contributed by atoms with Crippen LogP contribution < -0.4 is 0 Å². The van der Waals surface area contributed by atoms with Gasteiger partial charge in [-0.1, -0.05) is 18.0 Å². The molecule has 2 heterocycles. The maximum Gasteiger partial charge on any atom is 0.276 e. The summed E-state index contributed by atoms with van der Waals surface area (Å²) in [6.07, 6.45) is 4.38. The minimum atomic E-state index is -0.158. The zero-order valence-electron chi connectivity index (χ0n) is 12.6. The van der Waals surface area contributed by atoms with E-state index in [0.29, 0.717) is 18.7 Å². The first kappa shape index (κ1) is 15.7. The molecule has 1 saturated heterocycles. The number of hydrogen-bond donors (Lipinski definition) is 0. The van der Waals surface area contributed by atoms with Gasteiger partial charge in [0.25, 0.3) is 5.91 Å². The molecular formula is C15H22N2O4. The van der Waals surface area contributed by atoms with Crippen molar-refractivity contribution in [2.45, 2.75) is 51.7 Å². The smallest absolute Gasteiger partial charge is 0.276 e. The maximum atomic E-state index is 12.6. The summed E-state index contributed by atoms with van der Waals surface area (Å²) in [4.78, 5) is 25.8. The number of likely N-dealkylation sites (tertiary alicyclic amines) is 1. The van der Waals surface area contributed by atoms with Gasteiger partial charge in [-0.3, -0.25) is 9.59 Å². The minimum absolute atomic E-state index is 0.0277. The van der Waals surface area contributed by atoms with Crippen molar-refractivity contribution >= 4 is 11.7 Å². The first-order valence-electron chi connectivity index (χ1n) is 7.36. The summed E-state index contributed by atoms with van der Waals surface area (Å²) in [5.74, 6) is 0.480. The molecule has 21 heavy (non-hydrogen) atoms. The summed E-state index contributed by atoms with van der Waals surface area (Å²) in [6.45, 7) is 2.53. The molecule has 116 valence electrons. The Morgan fingerprint density at radius 1 is 1.43 bits per heavy atom. The number of ether oxygens (including phenoxy) is 1. The average molecular weight is 294 g/mol. The van der Waals surface area contributed by atoms with Crippen LogP contribution in [0.2, 0.25) is 0 Å². The van der Waals surface area contributed by atoms with E-state index in [1.165, 1.54) is 0 Å². The summed E-state index contributed by atoms with van der Waals surface area (Å²) >= 11 is 0. The lowest BCUT2D eigenvalue weighted by Gasteiger charge is -2.28. The van der Waals surface area contributed by atoms with Crippen LogP contribution in [0.15, 0.2) is 10.6 Å². The molecule has 1 atom stereocenters. The van der Waals surface area contributed by atoms with Gasteiger partial charge < -0.3 is 14.2 Å². The third-order valence-electron chi connectivity index (χ3n) is 3.73. The van der Waals surface area contributed by atoms with Crippen LogP contribution in [0, 0.1) is 0 Å². The molecule has 6 heteroatoms. The number of nitrogens with zero attached hydrogens (tertiary/aromatic N) is 2. The molecule has 1 amide bonds. The van der Waals surface area contributed by atoms with Gasteiger partial charge >= 0.3 is 0 Å². The highest BCUT2D eigenvalue weighted by Crippen LogP contribution is 2.22. The molecular weight excluding hydrogens is 272 g/mol. The number of hydrogen-bond acceptors (Lipinski definition) is 5. The van der Waals surface area contributed by atoms with Crippen LogP contribution in [0.25, 0.3) is 0 Å². The Hall–Kier alpha value is -1.69. The largest absolute Gasteiger partial charge is 0.377 e. The van der Waals surface area contributed by atoms with E-state index in [1.807, 2.05) is 0 Å². The van der Waals surface area contributed by atoms with Crippen LogP contribution >= 0.6 is 0 Å². The van der Waals surface area contributed by atoms with Crippen molar-refractivity contribution in [3.8, 4) is 0 Å². The SMILES string of the molecule is COCc1cc(C(=O)N2CCCCCC2CC(C)=O)no1. The topological polar surface area (TPSA) is 72.6 Å². The number of ketones is 1. The summed E-state index contributed by atoms with van der Waals surface area (Å²) in [5, 5.41) is 3.82. The summed E-state index contributed by atoms with van der Waals surface area (Å²) in [7, 11) is 1.56. The van der Waals surface area contributed by atoms with Gasteiger partial charge in [0.15, 0.2) is 11.5 Å². The first-order chi connectivity index (χ1) is 10.1. The van der Waals surface area contributed by atoms with E-state index in [2.05, 4.69) is 5.16 Å². The zero-order chi connectivity index (χ0) is 15.2. The van der Waals surface area contributed by atoms with Crippen molar-refractivity contribution in [2.24, 2.45) is 0 Å². The molecule has 1 fully saturated rings. The van der Waals surface area contributed by atoms with Crippen LogP contribution in [0.1, 0.15) is 55.3 Å². The van der Waals surface area contributed by atoms with E-state index in [9.17, 15) is 9.59 Å². The average Bonchev–Trinajstić information content (AvgIpc) is 2.78. The number of amides is 1. The Bertz CT molecular complexity index is 498. The molecule has 0 saturated carbocycles. The molecule has 0 aliphatic carbocycles. The minimum Gasteiger partial charge on any atom is -0.377 e. The van der Waals surface area contributed by atoms with Crippen molar-refractivity contribution in [2.75, 3.05) is 13.7 Å². The Morgan fingerprint density at radius 3 is 2.95 bits per heavy atom. The molecule has 0 radical (unpaired) electrons. The second kappa shape index (κ2) is 7.36. The standard InChI is InChI=1S/C15H22N2O4/c1-11(18)8-12-6-4-3-5-7-17(12)15(19)14-9-13(10-20-2)21-16-14/h9,12H,3-8,10H2,1-2H3. The van der Waals surface area contributed by atoms with Crippen LogP contribution in [0.4, 0.5) is 0 Å². The van der Waals surface area contributed by atoms with Crippen molar-refractivity contribution in [3.05, 3.63) is 17.5 Å². The van der Waals surface area contributed by atoms with E-state index >= 15 is 0 Å². The molecule has 1 unspecified atom stereocenters. The number of rotatable bonds is 5. The third-order valence-corrected chi connectivity index (χ3v) is 3.73. The van der Waals surface area contributed by atoms with Gasteiger partial charge in [0.2, 0.25) is 0 Å². The first-order valence-corrected chi connectivity index (χ1v) is 7.36. The van der Waals surface area contributed by atoms with E-state index < -0.39 is 0 Å². The summed E-state index contributed by atoms with van der Waals surface area (Å²) in [5.41, 5.74) is 0.289. The number of methoxy groups -OCH3 is 1. The van der Waals surface area contributed by atoms with Gasteiger partial charge in [0.1, 0.15) is 12.4 Å². The fourth-order valence-corrected chi connectivity index (χ4v) is 2.76. The lowest BCUT2D eigenvalue weighted by Crippen LogP contribution is -2.41. The summed E-state index contributed by atoms with van der Waals surface area (Å²) in [6, 6.07) is 1.58.